The number of likely N-dealkylation sites (tertiary alicyclic amines) is 1. The molecule has 176 valence electrons. The third-order valence-electron chi connectivity index (χ3n) is 6.98. The van der Waals surface area contributed by atoms with Gasteiger partial charge in [0, 0.05) is 36.4 Å². The van der Waals surface area contributed by atoms with Gasteiger partial charge in [-0.2, -0.15) is 0 Å². The molecule has 3 aromatic carbocycles. The van der Waals surface area contributed by atoms with E-state index in [0.29, 0.717) is 30.5 Å². The van der Waals surface area contributed by atoms with Crippen LogP contribution in [-0.2, 0) is 15.0 Å². The van der Waals surface area contributed by atoms with Crippen LogP contribution in [0.2, 0.25) is 0 Å². The normalized spacial score (nSPS) is 19.1. The largest absolute Gasteiger partial charge is 0.370 e. The zero-order valence-electron chi connectivity index (χ0n) is 19.1. The number of hydrogen-bond acceptors (Lipinski definition) is 2. The molecule has 34 heavy (non-hydrogen) atoms. The zero-order chi connectivity index (χ0) is 24.3. The van der Waals surface area contributed by atoms with Crippen molar-refractivity contribution >= 4 is 11.8 Å². The Morgan fingerprint density at radius 2 is 1.76 bits per heavy atom. The number of nitrogens with zero attached hydrogens (tertiary/aromatic N) is 1. The highest BCUT2D eigenvalue weighted by Gasteiger charge is 2.41. The average molecular weight is 463 g/mol. The Bertz CT molecular complexity index is 1180. The lowest BCUT2D eigenvalue weighted by molar-refractivity contribution is -0.139. The Morgan fingerprint density at radius 1 is 1.06 bits per heavy atom. The lowest BCUT2D eigenvalue weighted by Crippen LogP contribution is -2.47. The summed E-state index contributed by atoms with van der Waals surface area (Å²) in [5.41, 5.74) is 7.99. The first-order valence-corrected chi connectivity index (χ1v) is 11.5. The highest BCUT2D eigenvalue weighted by Crippen LogP contribution is 2.42. The van der Waals surface area contributed by atoms with E-state index in [4.69, 9.17) is 5.73 Å². The molecule has 4 nitrogen and oxygen atoms in total. The number of nitrogens with two attached hydrogens (primary N) is 1. The molecule has 0 saturated carbocycles. The highest BCUT2D eigenvalue weighted by molar-refractivity contribution is 5.80. The SMILES string of the molecule is C[C@@H](c1ccc(-c2ccc(F)cc2F)cc1)N1CCC(CCC(N)=O)(c2ccccc2)CC1=O. The van der Waals surface area contributed by atoms with Crippen LogP contribution in [0.4, 0.5) is 8.78 Å². The first-order valence-electron chi connectivity index (χ1n) is 11.5. The van der Waals surface area contributed by atoms with Gasteiger partial charge in [0.05, 0.1) is 6.04 Å². The molecule has 1 heterocycles. The van der Waals surface area contributed by atoms with Gasteiger partial charge in [-0.05, 0) is 48.6 Å². The fourth-order valence-electron chi connectivity index (χ4n) is 4.95. The Morgan fingerprint density at radius 3 is 2.38 bits per heavy atom. The Kier molecular flexibility index (Phi) is 6.77. The van der Waals surface area contributed by atoms with Gasteiger partial charge in [-0.3, -0.25) is 9.59 Å². The second-order valence-electron chi connectivity index (χ2n) is 9.05. The van der Waals surface area contributed by atoms with E-state index in [2.05, 4.69) is 0 Å². The summed E-state index contributed by atoms with van der Waals surface area (Å²) < 4.78 is 27.4. The van der Waals surface area contributed by atoms with Gasteiger partial charge in [0.2, 0.25) is 11.8 Å². The molecule has 1 saturated heterocycles. The van der Waals surface area contributed by atoms with Crippen molar-refractivity contribution in [1.29, 1.82) is 0 Å². The third kappa shape index (κ3) is 4.86. The van der Waals surface area contributed by atoms with Gasteiger partial charge in [0.15, 0.2) is 0 Å². The fraction of sp³-hybridized carbons (Fsp3) is 0.286. The second kappa shape index (κ2) is 9.75. The molecule has 2 amide bonds. The maximum absolute atomic E-state index is 14.1. The second-order valence-corrected chi connectivity index (χ2v) is 9.05. The highest BCUT2D eigenvalue weighted by atomic mass is 19.1. The Labute approximate surface area is 198 Å². The average Bonchev–Trinajstić information content (AvgIpc) is 2.83. The van der Waals surface area contributed by atoms with Crippen LogP contribution in [0, 0.1) is 11.6 Å². The molecule has 6 heteroatoms. The van der Waals surface area contributed by atoms with Crippen LogP contribution in [0.25, 0.3) is 11.1 Å². The summed E-state index contributed by atoms with van der Waals surface area (Å²) in [6.45, 7) is 2.53. The van der Waals surface area contributed by atoms with E-state index in [9.17, 15) is 18.4 Å². The van der Waals surface area contributed by atoms with E-state index >= 15 is 0 Å². The third-order valence-corrected chi connectivity index (χ3v) is 6.98. The molecule has 4 rings (SSSR count). The first kappa shape index (κ1) is 23.6. The topological polar surface area (TPSA) is 63.4 Å². The van der Waals surface area contributed by atoms with Crippen LogP contribution in [0.5, 0.6) is 0 Å². The maximum Gasteiger partial charge on any atom is 0.223 e. The zero-order valence-corrected chi connectivity index (χ0v) is 19.1. The molecule has 2 atom stereocenters. The molecule has 0 radical (unpaired) electrons. The summed E-state index contributed by atoms with van der Waals surface area (Å²) in [4.78, 5) is 26.7. The smallest absolute Gasteiger partial charge is 0.223 e. The molecular formula is C28H28F2N2O2. The van der Waals surface area contributed by atoms with Crippen LogP contribution in [0.3, 0.4) is 0 Å². The van der Waals surface area contributed by atoms with E-state index in [1.807, 2.05) is 54.3 Å². The van der Waals surface area contributed by atoms with Gasteiger partial charge in [-0.25, -0.2) is 8.78 Å². The lowest BCUT2D eigenvalue weighted by atomic mass is 9.69. The number of halogens is 2. The monoisotopic (exact) mass is 462 g/mol. The Balaban J connectivity index is 1.52. The van der Waals surface area contributed by atoms with Crippen LogP contribution >= 0.6 is 0 Å². The van der Waals surface area contributed by atoms with Gasteiger partial charge in [0.25, 0.3) is 0 Å². The first-order chi connectivity index (χ1) is 16.3. The molecule has 0 aliphatic carbocycles. The molecule has 0 aromatic heterocycles. The number of carbonyl (C=O) groups excluding carboxylic acids is 2. The van der Waals surface area contributed by atoms with E-state index in [-0.39, 0.29) is 24.3 Å². The molecule has 3 aromatic rings. The summed E-state index contributed by atoms with van der Waals surface area (Å²) in [6, 6.07) is 20.6. The molecule has 1 aliphatic heterocycles. The minimum absolute atomic E-state index is 0.0285. The summed E-state index contributed by atoms with van der Waals surface area (Å²) >= 11 is 0. The molecule has 0 bridgehead atoms. The van der Waals surface area contributed by atoms with Gasteiger partial charge in [-0.15, -0.1) is 0 Å². The predicted octanol–water partition coefficient (Wildman–Crippen LogP) is 5.52. The minimum atomic E-state index is -0.613. The molecule has 2 N–H and O–H groups in total. The van der Waals surface area contributed by atoms with Gasteiger partial charge in [-0.1, -0.05) is 54.6 Å². The van der Waals surface area contributed by atoms with Gasteiger partial charge >= 0.3 is 0 Å². The van der Waals surface area contributed by atoms with Crippen molar-refractivity contribution in [1.82, 2.24) is 4.90 Å². The molecule has 1 fully saturated rings. The lowest BCUT2D eigenvalue weighted by Gasteiger charge is -2.44. The van der Waals surface area contributed by atoms with Crippen LogP contribution < -0.4 is 5.73 Å². The predicted molar refractivity (Wildman–Crippen MR) is 128 cm³/mol. The number of rotatable bonds is 7. The van der Waals surface area contributed by atoms with Crippen molar-refractivity contribution in [3.63, 3.8) is 0 Å². The fourth-order valence-corrected chi connectivity index (χ4v) is 4.95. The van der Waals surface area contributed by atoms with Crippen LogP contribution in [0.1, 0.15) is 49.8 Å². The number of amides is 2. The van der Waals surface area contributed by atoms with Crippen LogP contribution in [-0.4, -0.2) is 23.3 Å². The van der Waals surface area contributed by atoms with E-state index in [1.165, 1.54) is 12.1 Å². The van der Waals surface area contributed by atoms with Gasteiger partial charge in [0.1, 0.15) is 11.6 Å². The number of carbonyl (C=O) groups is 2. The standard InChI is InChI=1S/C28H28F2N2O2/c1-19(20-7-9-21(10-8-20)24-12-11-23(29)17-25(24)30)32-16-15-28(18-27(32)34,14-13-26(31)33)22-5-3-2-4-6-22/h2-12,17,19H,13-16,18H2,1H3,(H2,31,33)/t19-,28?/m0/s1. The van der Waals surface area contributed by atoms with Crippen LogP contribution in [0.15, 0.2) is 72.8 Å². The van der Waals surface area contributed by atoms with Crippen molar-refractivity contribution in [3.05, 3.63) is 95.6 Å². The number of piperidine rings is 1. The summed E-state index contributed by atoms with van der Waals surface area (Å²) in [6.07, 6.45) is 1.82. The van der Waals surface area contributed by atoms with Gasteiger partial charge < -0.3 is 10.6 Å². The number of benzene rings is 3. The number of hydrogen-bond donors (Lipinski definition) is 1. The van der Waals surface area contributed by atoms with Crippen molar-refractivity contribution < 1.29 is 18.4 Å². The van der Waals surface area contributed by atoms with E-state index in [0.717, 1.165) is 23.6 Å². The summed E-state index contributed by atoms with van der Waals surface area (Å²) in [7, 11) is 0. The van der Waals surface area contributed by atoms with E-state index in [1.54, 1.807) is 12.1 Å². The summed E-state index contributed by atoms with van der Waals surface area (Å²) in [5.74, 6) is -1.56. The molecule has 0 spiro atoms. The van der Waals surface area contributed by atoms with E-state index < -0.39 is 17.0 Å². The quantitative estimate of drug-likeness (QED) is 0.503. The number of primary amides is 1. The molecular weight excluding hydrogens is 434 g/mol. The van der Waals surface area contributed by atoms with Crippen molar-refractivity contribution in [2.45, 2.75) is 44.1 Å². The summed E-state index contributed by atoms with van der Waals surface area (Å²) in [5, 5.41) is 0. The van der Waals surface area contributed by atoms with Crippen molar-refractivity contribution in [3.8, 4) is 11.1 Å². The molecule has 1 unspecified atom stereocenters. The minimum Gasteiger partial charge on any atom is -0.370 e. The molecule has 1 aliphatic rings. The van der Waals surface area contributed by atoms with Crippen molar-refractivity contribution in [2.75, 3.05) is 6.54 Å². The van der Waals surface area contributed by atoms with Crippen molar-refractivity contribution in [2.24, 2.45) is 5.73 Å². The maximum atomic E-state index is 14.1. The Hall–Kier alpha value is -3.54.